The summed E-state index contributed by atoms with van der Waals surface area (Å²) in [4.78, 5) is 16.4. The summed E-state index contributed by atoms with van der Waals surface area (Å²) in [6.45, 7) is 1.77. The smallest absolute Gasteiger partial charge is 0.285 e. The number of piperidine rings is 1. The van der Waals surface area contributed by atoms with Crippen molar-refractivity contribution in [2.24, 2.45) is 0 Å². The quantitative estimate of drug-likeness (QED) is 0.805. The number of hydrogen-bond acceptors (Lipinski definition) is 4. The number of rotatable bonds is 3. The van der Waals surface area contributed by atoms with Gasteiger partial charge in [0.25, 0.3) is 5.91 Å². The van der Waals surface area contributed by atoms with Gasteiger partial charge in [-0.1, -0.05) is 18.3 Å². The lowest BCUT2D eigenvalue weighted by Crippen LogP contribution is -2.45. The lowest BCUT2D eigenvalue weighted by atomic mass is 10.1. The van der Waals surface area contributed by atoms with Crippen LogP contribution >= 0.6 is 0 Å². The van der Waals surface area contributed by atoms with Gasteiger partial charge in [-0.15, -0.1) is 0 Å². The highest BCUT2D eigenvalue weighted by Gasteiger charge is 2.16. The highest BCUT2D eigenvalue weighted by atomic mass is 16.2. The molecule has 2 N–H and O–H groups in total. The third-order valence-corrected chi connectivity index (χ3v) is 3.10. The van der Waals surface area contributed by atoms with Crippen LogP contribution in [0.3, 0.4) is 0 Å². The average Bonchev–Trinajstić information content (AvgIpc) is 2.49. The predicted molar refractivity (Wildman–Crippen MR) is 75.7 cm³/mol. The van der Waals surface area contributed by atoms with E-state index in [2.05, 4.69) is 22.3 Å². The normalized spacial score (nSPS) is 15.2. The molecule has 1 saturated heterocycles. The molecular formula is C15H19N3O2. The summed E-state index contributed by atoms with van der Waals surface area (Å²) in [5.74, 6) is 5.48. The molecule has 0 unspecified atom stereocenters. The molecule has 2 heterocycles. The summed E-state index contributed by atoms with van der Waals surface area (Å²) in [6.07, 6.45) is 5.40. The van der Waals surface area contributed by atoms with Crippen LogP contribution in [0.1, 0.15) is 41.7 Å². The number of hydrazine groups is 1. The van der Waals surface area contributed by atoms with Gasteiger partial charge in [-0.3, -0.25) is 10.2 Å². The third kappa shape index (κ3) is 4.05. The Hall–Kier alpha value is -1.90. The van der Waals surface area contributed by atoms with E-state index >= 15 is 0 Å². The maximum atomic E-state index is 12.2. The Morgan fingerprint density at radius 3 is 2.95 bits per heavy atom. The van der Waals surface area contributed by atoms with Gasteiger partial charge in [0.1, 0.15) is 5.69 Å². The van der Waals surface area contributed by atoms with Gasteiger partial charge in [-0.25, -0.2) is 9.99 Å². The molecule has 20 heavy (non-hydrogen) atoms. The van der Waals surface area contributed by atoms with E-state index < -0.39 is 0 Å². The number of carbonyl (C=O) groups excluding carboxylic acids is 1. The second-order valence-corrected chi connectivity index (χ2v) is 4.66. The van der Waals surface area contributed by atoms with Crippen molar-refractivity contribution >= 4 is 5.91 Å². The van der Waals surface area contributed by atoms with E-state index in [1.54, 1.807) is 18.3 Å². The molecule has 1 aliphatic rings. The molecule has 0 bridgehead atoms. The van der Waals surface area contributed by atoms with E-state index in [-0.39, 0.29) is 12.5 Å². The van der Waals surface area contributed by atoms with Crippen molar-refractivity contribution in [2.45, 2.75) is 25.7 Å². The highest BCUT2D eigenvalue weighted by molar-refractivity contribution is 5.94. The van der Waals surface area contributed by atoms with Crippen LogP contribution in [0.5, 0.6) is 0 Å². The highest BCUT2D eigenvalue weighted by Crippen LogP contribution is 2.08. The molecule has 0 spiro atoms. The third-order valence-electron chi connectivity index (χ3n) is 3.10. The topological polar surface area (TPSA) is 65.5 Å². The van der Waals surface area contributed by atoms with Crippen molar-refractivity contribution in [3.63, 3.8) is 0 Å². The lowest BCUT2D eigenvalue weighted by molar-refractivity contribution is 0.0744. The lowest BCUT2D eigenvalue weighted by Gasteiger charge is -2.26. The Morgan fingerprint density at radius 1 is 1.40 bits per heavy atom. The van der Waals surface area contributed by atoms with Crippen molar-refractivity contribution in [1.82, 2.24) is 15.4 Å². The fourth-order valence-electron chi connectivity index (χ4n) is 2.10. The van der Waals surface area contributed by atoms with Crippen molar-refractivity contribution in [3.8, 4) is 11.8 Å². The van der Waals surface area contributed by atoms with Crippen LogP contribution in [0.4, 0.5) is 0 Å². The van der Waals surface area contributed by atoms with Gasteiger partial charge < -0.3 is 5.11 Å². The summed E-state index contributed by atoms with van der Waals surface area (Å²) >= 11 is 0. The standard InChI is InChI=1S/C15H19N3O2/c19-12-5-2-7-13-8-6-9-16-14(13)15(20)17-18-10-3-1-4-11-18/h6,8-9,19H,1,3-5,10-12H2,(H,17,20). The second-order valence-electron chi connectivity index (χ2n) is 4.66. The monoisotopic (exact) mass is 273 g/mol. The van der Waals surface area contributed by atoms with Crippen LogP contribution in [0.15, 0.2) is 18.3 Å². The van der Waals surface area contributed by atoms with Gasteiger partial charge in [-0.2, -0.15) is 0 Å². The minimum atomic E-state index is -0.221. The number of aromatic nitrogens is 1. The summed E-state index contributed by atoms with van der Waals surface area (Å²) in [7, 11) is 0. The number of aliphatic hydroxyl groups is 1. The fraction of sp³-hybridized carbons (Fsp3) is 0.467. The van der Waals surface area contributed by atoms with Crippen molar-refractivity contribution in [3.05, 3.63) is 29.6 Å². The van der Waals surface area contributed by atoms with Crippen LogP contribution < -0.4 is 5.43 Å². The number of carbonyl (C=O) groups is 1. The predicted octanol–water partition coefficient (Wildman–Crippen LogP) is 0.946. The van der Waals surface area contributed by atoms with Crippen LogP contribution in [0.25, 0.3) is 0 Å². The molecule has 1 aromatic heterocycles. The molecule has 0 atom stereocenters. The minimum Gasteiger partial charge on any atom is -0.395 e. The van der Waals surface area contributed by atoms with Crippen LogP contribution in [-0.4, -0.2) is 40.7 Å². The van der Waals surface area contributed by atoms with Crippen LogP contribution in [0, 0.1) is 11.8 Å². The summed E-state index contributed by atoms with van der Waals surface area (Å²) < 4.78 is 0. The van der Waals surface area contributed by atoms with E-state index in [9.17, 15) is 4.79 Å². The Balaban J connectivity index is 2.07. The number of pyridine rings is 1. The number of hydrogen-bond donors (Lipinski definition) is 2. The van der Waals surface area contributed by atoms with Gasteiger partial charge in [0.15, 0.2) is 0 Å². The van der Waals surface area contributed by atoms with Gasteiger partial charge in [-0.05, 0) is 25.0 Å². The molecule has 106 valence electrons. The van der Waals surface area contributed by atoms with Crippen molar-refractivity contribution in [1.29, 1.82) is 0 Å². The molecule has 0 aliphatic carbocycles. The van der Waals surface area contributed by atoms with Crippen LogP contribution in [0.2, 0.25) is 0 Å². The van der Waals surface area contributed by atoms with Crippen molar-refractivity contribution < 1.29 is 9.90 Å². The molecular weight excluding hydrogens is 254 g/mol. The molecule has 1 aromatic rings. The molecule has 5 nitrogen and oxygen atoms in total. The van der Waals surface area contributed by atoms with E-state index in [4.69, 9.17) is 5.11 Å². The first-order valence-electron chi connectivity index (χ1n) is 6.92. The average molecular weight is 273 g/mol. The fourth-order valence-corrected chi connectivity index (χ4v) is 2.10. The van der Waals surface area contributed by atoms with Gasteiger partial charge in [0, 0.05) is 25.7 Å². The number of nitrogens with one attached hydrogen (secondary N) is 1. The van der Waals surface area contributed by atoms with Gasteiger partial charge in [0.2, 0.25) is 0 Å². The van der Waals surface area contributed by atoms with Gasteiger partial charge >= 0.3 is 0 Å². The SMILES string of the molecule is O=C(NN1CCCCC1)c1ncccc1C#CCCO. The Morgan fingerprint density at radius 2 is 2.20 bits per heavy atom. The zero-order valence-electron chi connectivity index (χ0n) is 11.4. The van der Waals surface area contributed by atoms with Crippen LogP contribution in [-0.2, 0) is 0 Å². The molecule has 5 heteroatoms. The number of aliphatic hydroxyl groups excluding tert-OH is 1. The summed E-state index contributed by atoms with van der Waals surface area (Å²) in [6, 6.07) is 3.52. The maximum absolute atomic E-state index is 12.2. The van der Waals surface area contributed by atoms with E-state index in [1.807, 2.05) is 5.01 Å². The zero-order valence-corrected chi connectivity index (χ0v) is 11.4. The largest absolute Gasteiger partial charge is 0.395 e. The molecule has 1 aliphatic heterocycles. The Kier molecular flexibility index (Phi) is 5.54. The minimum absolute atomic E-state index is 0.0164. The first-order chi connectivity index (χ1) is 9.81. The van der Waals surface area contributed by atoms with E-state index in [0.717, 1.165) is 25.9 Å². The molecule has 1 fully saturated rings. The molecule has 2 rings (SSSR count). The Bertz CT molecular complexity index is 513. The van der Waals surface area contributed by atoms with Gasteiger partial charge in [0.05, 0.1) is 12.2 Å². The molecule has 0 saturated carbocycles. The number of amides is 1. The molecule has 0 radical (unpaired) electrons. The molecule has 1 amide bonds. The first kappa shape index (κ1) is 14.5. The number of nitrogens with zero attached hydrogens (tertiary/aromatic N) is 2. The Labute approximate surface area is 119 Å². The summed E-state index contributed by atoms with van der Waals surface area (Å²) in [5, 5.41) is 10.7. The van der Waals surface area contributed by atoms with E-state index in [0.29, 0.717) is 17.7 Å². The van der Waals surface area contributed by atoms with E-state index in [1.165, 1.54) is 6.42 Å². The molecule has 0 aromatic carbocycles. The van der Waals surface area contributed by atoms with Crippen molar-refractivity contribution in [2.75, 3.05) is 19.7 Å². The summed E-state index contributed by atoms with van der Waals surface area (Å²) in [5.41, 5.74) is 3.81. The second kappa shape index (κ2) is 7.63. The first-order valence-corrected chi connectivity index (χ1v) is 6.92. The maximum Gasteiger partial charge on any atom is 0.285 e. The zero-order chi connectivity index (χ0) is 14.2.